The second-order valence-electron chi connectivity index (χ2n) is 6.09. The fourth-order valence-electron chi connectivity index (χ4n) is 2.78. The second-order valence-corrected chi connectivity index (χ2v) is 7.01. The highest BCUT2D eigenvalue weighted by molar-refractivity contribution is 7.98. The molecule has 3 aromatic rings. The molecule has 1 aliphatic heterocycles. The number of aromatic amines is 1. The molecule has 0 spiro atoms. The quantitative estimate of drug-likeness (QED) is 0.715. The number of para-hydroxylation sites is 2. The van der Waals surface area contributed by atoms with Crippen molar-refractivity contribution in [2.24, 2.45) is 0 Å². The van der Waals surface area contributed by atoms with E-state index in [1.807, 2.05) is 24.3 Å². The number of piperazine rings is 1. The molecule has 0 radical (unpaired) electrons. The number of nitrogens with one attached hydrogen (secondary N) is 1. The first-order valence-corrected chi connectivity index (χ1v) is 9.18. The topological polar surface area (TPSA) is 78.3 Å². The Morgan fingerprint density at radius 2 is 2.00 bits per heavy atom. The van der Waals surface area contributed by atoms with Crippen LogP contribution < -0.4 is 10.5 Å². The van der Waals surface area contributed by atoms with Crippen LogP contribution in [-0.4, -0.2) is 53.1 Å². The predicted octanol–water partition coefficient (Wildman–Crippen LogP) is 1.96. The Morgan fingerprint density at radius 1 is 1.20 bits per heavy atom. The molecular formula is C17H19N5O2S. The molecular weight excluding hydrogens is 338 g/mol. The Bertz CT molecular complexity index is 897. The Balaban J connectivity index is 1.49. The summed E-state index contributed by atoms with van der Waals surface area (Å²) < 4.78 is 5.70. The van der Waals surface area contributed by atoms with Crippen LogP contribution in [0.25, 0.3) is 11.1 Å². The van der Waals surface area contributed by atoms with Crippen LogP contribution in [0, 0.1) is 0 Å². The molecule has 0 bridgehead atoms. The number of anilines is 1. The summed E-state index contributed by atoms with van der Waals surface area (Å²) in [6.07, 6.45) is 0. The lowest BCUT2D eigenvalue weighted by molar-refractivity contribution is 0.311. The van der Waals surface area contributed by atoms with Gasteiger partial charge in [-0.25, -0.2) is 9.97 Å². The maximum absolute atomic E-state index is 12.0. The number of fused-ring (bicyclic) bond motifs is 1. The van der Waals surface area contributed by atoms with Gasteiger partial charge in [0, 0.05) is 38.0 Å². The number of nitrogens with zero attached hydrogens (tertiary/aromatic N) is 4. The third kappa shape index (κ3) is 3.69. The molecule has 1 fully saturated rings. The molecule has 2 aromatic heterocycles. The number of benzene rings is 1. The SMILES string of the molecule is CN1CCN(c2nc(CSc3nc4ccccc4o3)cc(=O)[nH]2)CC1. The Kier molecular flexibility index (Phi) is 4.46. The number of H-pyrrole nitrogens is 1. The number of aromatic nitrogens is 3. The molecule has 0 aliphatic carbocycles. The fourth-order valence-corrected chi connectivity index (χ4v) is 3.52. The summed E-state index contributed by atoms with van der Waals surface area (Å²) in [4.78, 5) is 28.3. The van der Waals surface area contributed by atoms with Gasteiger partial charge in [-0.2, -0.15) is 0 Å². The number of thioether (sulfide) groups is 1. The highest BCUT2D eigenvalue weighted by Crippen LogP contribution is 2.25. The van der Waals surface area contributed by atoms with Crippen LogP contribution in [0.5, 0.6) is 0 Å². The summed E-state index contributed by atoms with van der Waals surface area (Å²) in [5.74, 6) is 1.19. The van der Waals surface area contributed by atoms with E-state index >= 15 is 0 Å². The summed E-state index contributed by atoms with van der Waals surface area (Å²) in [6.45, 7) is 3.65. The molecule has 0 saturated carbocycles. The molecule has 7 nitrogen and oxygen atoms in total. The molecule has 1 saturated heterocycles. The van der Waals surface area contributed by atoms with E-state index in [4.69, 9.17) is 4.42 Å². The van der Waals surface area contributed by atoms with E-state index in [-0.39, 0.29) is 5.56 Å². The molecule has 25 heavy (non-hydrogen) atoms. The Morgan fingerprint density at radius 3 is 2.80 bits per heavy atom. The fraction of sp³-hybridized carbons (Fsp3) is 0.353. The van der Waals surface area contributed by atoms with Crippen molar-refractivity contribution in [1.29, 1.82) is 0 Å². The average Bonchev–Trinajstić information content (AvgIpc) is 3.03. The number of hydrogen-bond donors (Lipinski definition) is 1. The molecule has 0 amide bonds. The van der Waals surface area contributed by atoms with Crippen molar-refractivity contribution in [3.63, 3.8) is 0 Å². The van der Waals surface area contributed by atoms with E-state index in [1.165, 1.54) is 17.8 Å². The van der Waals surface area contributed by atoms with Gasteiger partial charge in [0.25, 0.3) is 10.8 Å². The molecule has 8 heteroatoms. The monoisotopic (exact) mass is 357 g/mol. The third-order valence-electron chi connectivity index (χ3n) is 4.20. The van der Waals surface area contributed by atoms with Crippen LogP contribution in [0.2, 0.25) is 0 Å². The second kappa shape index (κ2) is 6.89. The Labute approximate surface area is 149 Å². The van der Waals surface area contributed by atoms with Gasteiger partial charge in [-0.1, -0.05) is 23.9 Å². The summed E-state index contributed by atoms with van der Waals surface area (Å²) in [5, 5.41) is 0.587. The van der Waals surface area contributed by atoms with Crippen molar-refractivity contribution in [3.05, 3.63) is 46.4 Å². The number of oxazole rings is 1. The van der Waals surface area contributed by atoms with E-state index in [0.29, 0.717) is 16.9 Å². The van der Waals surface area contributed by atoms with Crippen LogP contribution in [0.3, 0.4) is 0 Å². The smallest absolute Gasteiger partial charge is 0.257 e. The number of rotatable bonds is 4. The van der Waals surface area contributed by atoms with Crippen LogP contribution in [0.4, 0.5) is 5.95 Å². The minimum atomic E-state index is -0.128. The van der Waals surface area contributed by atoms with Crippen LogP contribution in [0.1, 0.15) is 5.69 Å². The van der Waals surface area contributed by atoms with Crippen molar-refractivity contribution < 1.29 is 4.42 Å². The molecule has 0 atom stereocenters. The zero-order valence-electron chi connectivity index (χ0n) is 13.9. The maximum Gasteiger partial charge on any atom is 0.257 e. The van der Waals surface area contributed by atoms with Crippen molar-refractivity contribution in [3.8, 4) is 0 Å². The first kappa shape index (κ1) is 16.2. The highest BCUT2D eigenvalue weighted by atomic mass is 32.2. The van der Waals surface area contributed by atoms with Gasteiger partial charge < -0.3 is 14.2 Å². The van der Waals surface area contributed by atoms with Crippen molar-refractivity contribution in [2.45, 2.75) is 11.0 Å². The van der Waals surface area contributed by atoms with E-state index in [0.717, 1.165) is 43.0 Å². The molecule has 130 valence electrons. The maximum atomic E-state index is 12.0. The van der Waals surface area contributed by atoms with Gasteiger partial charge >= 0.3 is 0 Å². The summed E-state index contributed by atoms with van der Waals surface area (Å²) in [6, 6.07) is 9.20. The van der Waals surface area contributed by atoms with Gasteiger partial charge in [-0.05, 0) is 19.2 Å². The zero-order valence-corrected chi connectivity index (χ0v) is 14.8. The minimum absolute atomic E-state index is 0.128. The molecule has 1 N–H and O–H groups in total. The lowest BCUT2D eigenvalue weighted by Gasteiger charge is -2.32. The van der Waals surface area contributed by atoms with E-state index in [2.05, 4.69) is 31.8 Å². The summed E-state index contributed by atoms with van der Waals surface area (Å²) in [5.41, 5.74) is 2.20. The van der Waals surface area contributed by atoms with Gasteiger partial charge in [-0.3, -0.25) is 9.78 Å². The van der Waals surface area contributed by atoms with Crippen LogP contribution in [0.15, 0.2) is 44.8 Å². The lowest BCUT2D eigenvalue weighted by Crippen LogP contribution is -2.45. The van der Waals surface area contributed by atoms with Crippen LogP contribution >= 0.6 is 11.8 Å². The van der Waals surface area contributed by atoms with Crippen molar-refractivity contribution >= 4 is 28.8 Å². The normalized spacial score (nSPS) is 15.8. The first-order valence-electron chi connectivity index (χ1n) is 8.19. The number of likely N-dealkylation sites (N-methyl/N-ethyl adjacent to an activating group) is 1. The van der Waals surface area contributed by atoms with Gasteiger partial charge in [-0.15, -0.1) is 0 Å². The highest BCUT2D eigenvalue weighted by Gasteiger charge is 2.17. The molecule has 3 heterocycles. The largest absolute Gasteiger partial charge is 0.431 e. The van der Waals surface area contributed by atoms with Crippen molar-refractivity contribution in [2.75, 3.05) is 38.1 Å². The Hall–Kier alpha value is -2.32. The van der Waals surface area contributed by atoms with E-state index in [9.17, 15) is 4.79 Å². The van der Waals surface area contributed by atoms with Crippen LogP contribution in [-0.2, 0) is 5.75 Å². The van der Waals surface area contributed by atoms with E-state index in [1.54, 1.807) is 0 Å². The lowest BCUT2D eigenvalue weighted by atomic mass is 10.3. The van der Waals surface area contributed by atoms with Gasteiger partial charge in [0.15, 0.2) is 5.58 Å². The van der Waals surface area contributed by atoms with Gasteiger partial charge in [0.1, 0.15) is 5.52 Å². The molecule has 1 aromatic carbocycles. The third-order valence-corrected chi connectivity index (χ3v) is 5.06. The summed E-state index contributed by atoms with van der Waals surface area (Å²) in [7, 11) is 2.10. The van der Waals surface area contributed by atoms with E-state index < -0.39 is 0 Å². The standard InChI is InChI=1S/C17H19N5O2S/c1-21-6-8-22(9-7-21)16-18-12(10-15(23)20-16)11-25-17-19-13-4-2-3-5-14(13)24-17/h2-5,10H,6-9,11H2,1H3,(H,18,20,23). The molecule has 0 unspecified atom stereocenters. The molecule has 1 aliphatic rings. The van der Waals surface area contributed by atoms with Gasteiger partial charge in [0.05, 0.1) is 5.69 Å². The number of hydrogen-bond acceptors (Lipinski definition) is 7. The molecule has 4 rings (SSSR count). The zero-order chi connectivity index (χ0) is 17.2. The van der Waals surface area contributed by atoms with Gasteiger partial charge in [0.2, 0.25) is 5.95 Å². The summed E-state index contributed by atoms with van der Waals surface area (Å²) >= 11 is 1.44. The van der Waals surface area contributed by atoms with Crippen molar-refractivity contribution in [1.82, 2.24) is 19.9 Å². The first-order chi connectivity index (χ1) is 12.2. The minimum Gasteiger partial charge on any atom is -0.431 e. The predicted molar refractivity (Wildman–Crippen MR) is 98.1 cm³/mol. The average molecular weight is 357 g/mol.